The number of benzene rings is 2. The van der Waals surface area contributed by atoms with Crippen LogP contribution in [0, 0.1) is 11.6 Å². The number of nitrogens with one attached hydrogen (secondary N) is 1. The van der Waals surface area contributed by atoms with E-state index in [4.69, 9.17) is 11.6 Å². The Bertz CT molecular complexity index is 1020. The van der Waals surface area contributed by atoms with Crippen molar-refractivity contribution in [2.45, 2.75) is 6.54 Å². The Labute approximate surface area is 152 Å². The molecular weight excluding hydrogens is 362 g/mol. The molecule has 132 valence electrons. The second-order valence-electron chi connectivity index (χ2n) is 5.56. The normalized spacial score (nSPS) is 10.6. The zero-order chi connectivity index (χ0) is 18.7. The Hall–Kier alpha value is -2.99. The highest BCUT2D eigenvalue weighted by atomic mass is 35.5. The van der Waals surface area contributed by atoms with Gasteiger partial charge >= 0.3 is 0 Å². The minimum atomic E-state index is -1.09. The van der Waals surface area contributed by atoms with Gasteiger partial charge < -0.3 is 9.88 Å². The summed E-state index contributed by atoms with van der Waals surface area (Å²) in [6.07, 6.45) is 1.56. The molecule has 4 nitrogen and oxygen atoms in total. The number of amides is 1. The predicted octanol–water partition coefficient (Wildman–Crippen LogP) is 4.08. The Morgan fingerprint density at radius 1 is 1.04 bits per heavy atom. The van der Waals surface area contributed by atoms with Gasteiger partial charge in [-0.2, -0.15) is 0 Å². The van der Waals surface area contributed by atoms with E-state index in [0.717, 1.165) is 17.7 Å². The number of carbonyl (C=O) groups is 1. The molecule has 0 aliphatic rings. The number of aromatic nitrogens is 1. The summed E-state index contributed by atoms with van der Waals surface area (Å²) in [7, 11) is 0. The van der Waals surface area contributed by atoms with Gasteiger partial charge in [0.15, 0.2) is 11.6 Å². The van der Waals surface area contributed by atoms with Crippen molar-refractivity contribution in [1.29, 1.82) is 0 Å². The largest absolute Gasteiger partial charge is 0.322 e. The molecule has 0 unspecified atom stereocenters. The van der Waals surface area contributed by atoms with E-state index < -0.39 is 23.1 Å². The lowest BCUT2D eigenvalue weighted by atomic mass is 10.2. The molecule has 1 amide bonds. The first kappa shape index (κ1) is 17.8. The quantitative estimate of drug-likeness (QED) is 0.748. The third kappa shape index (κ3) is 3.97. The van der Waals surface area contributed by atoms with Gasteiger partial charge in [-0.05, 0) is 42.0 Å². The number of carbonyl (C=O) groups excluding carboxylic acids is 1. The number of rotatable bonds is 4. The van der Waals surface area contributed by atoms with Crippen molar-refractivity contribution in [2.24, 2.45) is 0 Å². The van der Waals surface area contributed by atoms with E-state index in [9.17, 15) is 18.4 Å². The van der Waals surface area contributed by atoms with Gasteiger partial charge in [-0.1, -0.05) is 23.7 Å². The molecule has 3 aromatic rings. The minimum absolute atomic E-state index is 0.0569. The topological polar surface area (TPSA) is 51.1 Å². The molecule has 0 bridgehead atoms. The molecule has 1 heterocycles. The van der Waals surface area contributed by atoms with Crippen LogP contribution in [0.5, 0.6) is 0 Å². The highest BCUT2D eigenvalue weighted by Gasteiger charge is 2.13. The highest BCUT2D eigenvalue weighted by Crippen LogP contribution is 2.14. The summed E-state index contributed by atoms with van der Waals surface area (Å²) < 4.78 is 27.6. The van der Waals surface area contributed by atoms with Crippen LogP contribution in [0.2, 0.25) is 5.02 Å². The molecule has 0 aliphatic heterocycles. The number of halogens is 3. The van der Waals surface area contributed by atoms with Crippen LogP contribution < -0.4 is 10.9 Å². The fourth-order valence-corrected chi connectivity index (χ4v) is 2.52. The fourth-order valence-electron chi connectivity index (χ4n) is 2.39. The van der Waals surface area contributed by atoms with Gasteiger partial charge in [-0.3, -0.25) is 9.59 Å². The first-order chi connectivity index (χ1) is 12.4. The molecule has 7 heteroatoms. The molecular formula is C19H13ClF2N2O2. The molecule has 0 saturated heterocycles. The fraction of sp³-hybridized carbons (Fsp3) is 0.0526. The van der Waals surface area contributed by atoms with Crippen LogP contribution in [0.15, 0.2) is 65.6 Å². The van der Waals surface area contributed by atoms with Crippen molar-refractivity contribution in [2.75, 3.05) is 5.32 Å². The van der Waals surface area contributed by atoms with Crippen LogP contribution in [0.4, 0.5) is 14.5 Å². The van der Waals surface area contributed by atoms with Crippen LogP contribution >= 0.6 is 11.6 Å². The molecule has 1 aromatic heterocycles. The van der Waals surface area contributed by atoms with E-state index >= 15 is 0 Å². The zero-order valence-electron chi connectivity index (χ0n) is 13.4. The van der Waals surface area contributed by atoms with Gasteiger partial charge in [-0.15, -0.1) is 0 Å². The third-order valence-electron chi connectivity index (χ3n) is 3.71. The molecule has 0 saturated carbocycles. The lowest BCUT2D eigenvalue weighted by molar-refractivity contribution is 0.102. The monoisotopic (exact) mass is 374 g/mol. The molecule has 0 atom stereocenters. The summed E-state index contributed by atoms with van der Waals surface area (Å²) in [5, 5.41) is 2.97. The summed E-state index contributed by atoms with van der Waals surface area (Å²) in [4.78, 5) is 24.9. The van der Waals surface area contributed by atoms with E-state index in [-0.39, 0.29) is 17.8 Å². The lowest BCUT2D eigenvalue weighted by Gasteiger charge is -2.09. The summed E-state index contributed by atoms with van der Waals surface area (Å²) in [5.41, 5.74) is 0.296. The Morgan fingerprint density at radius 3 is 2.46 bits per heavy atom. The minimum Gasteiger partial charge on any atom is -0.322 e. The molecule has 26 heavy (non-hydrogen) atoms. The maximum atomic E-state index is 13.2. The number of anilines is 1. The maximum absolute atomic E-state index is 13.2. The van der Waals surface area contributed by atoms with Gasteiger partial charge in [0.2, 0.25) is 0 Å². The lowest BCUT2D eigenvalue weighted by Crippen LogP contribution is -2.29. The average Bonchev–Trinajstić information content (AvgIpc) is 2.62. The first-order valence-corrected chi connectivity index (χ1v) is 8.02. The van der Waals surface area contributed by atoms with E-state index in [0.29, 0.717) is 5.02 Å². The van der Waals surface area contributed by atoms with Crippen molar-refractivity contribution in [3.63, 3.8) is 0 Å². The predicted molar refractivity (Wildman–Crippen MR) is 95.6 cm³/mol. The summed E-state index contributed by atoms with van der Waals surface area (Å²) in [6.45, 7) is 0.266. The SMILES string of the molecule is O=C(Nc1ccc(F)c(F)c1)c1cccn(Cc2ccc(Cl)cc2)c1=O. The smallest absolute Gasteiger partial charge is 0.263 e. The van der Waals surface area contributed by atoms with E-state index in [1.54, 1.807) is 36.5 Å². The molecule has 1 N–H and O–H groups in total. The molecule has 2 aromatic carbocycles. The van der Waals surface area contributed by atoms with Crippen molar-refractivity contribution >= 4 is 23.2 Å². The van der Waals surface area contributed by atoms with Gasteiger partial charge in [0.25, 0.3) is 11.5 Å². The Kier molecular flexibility index (Phi) is 5.14. The van der Waals surface area contributed by atoms with Crippen LogP contribution in [-0.2, 0) is 6.54 Å². The van der Waals surface area contributed by atoms with Crippen molar-refractivity contribution < 1.29 is 13.6 Å². The average molecular weight is 375 g/mol. The maximum Gasteiger partial charge on any atom is 0.263 e. The summed E-state index contributed by atoms with van der Waals surface area (Å²) in [6, 6.07) is 12.9. The second kappa shape index (κ2) is 7.49. The van der Waals surface area contributed by atoms with E-state index in [1.807, 2.05) is 0 Å². The number of nitrogens with zero attached hydrogens (tertiary/aromatic N) is 1. The number of hydrogen-bond acceptors (Lipinski definition) is 2. The Morgan fingerprint density at radius 2 is 1.77 bits per heavy atom. The Balaban J connectivity index is 1.83. The molecule has 0 aliphatic carbocycles. The molecule has 3 rings (SSSR count). The van der Waals surface area contributed by atoms with Crippen LogP contribution in [-0.4, -0.2) is 10.5 Å². The summed E-state index contributed by atoms with van der Waals surface area (Å²) >= 11 is 5.84. The zero-order valence-corrected chi connectivity index (χ0v) is 14.1. The molecule has 0 radical (unpaired) electrons. The number of pyridine rings is 1. The van der Waals surface area contributed by atoms with Crippen LogP contribution in [0.25, 0.3) is 0 Å². The van der Waals surface area contributed by atoms with Crippen molar-refractivity contribution in [3.05, 3.63) is 98.9 Å². The van der Waals surface area contributed by atoms with Gasteiger partial charge in [0.1, 0.15) is 5.56 Å². The van der Waals surface area contributed by atoms with Gasteiger partial charge in [0, 0.05) is 23.0 Å². The first-order valence-electron chi connectivity index (χ1n) is 7.64. The molecule has 0 spiro atoms. The van der Waals surface area contributed by atoms with Crippen LogP contribution in [0.1, 0.15) is 15.9 Å². The van der Waals surface area contributed by atoms with E-state index in [2.05, 4.69) is 5.32 Å². The van der Waals surface area contributed by atoms with Crippen LogP contribution in [0.3, 0.4) is 0 Å². The summed E-state index contributed by atoms with van der Waals surface area (Å²) in [5.74, 6) is -2.81. The highest BCUT2D eigenvalue weighted by molar-refractivity contribution is 6.30. The standard InChI is InChI=1S/C19H13ClF2N2O2/c20-13-5-3-12(4-6-13)11-24-9-1-2-15(19(24)26)18(25)23-14-7-8-16(21)17(22)10-14/h1-10H,11H2,(H,23,25). The third-order valence-corrected chi connectivity index (χ3v) is 3.96. The van der Waals surface area contributed by atoms with Crippen molar-refractivity contribution in [1.82, 2.24) is 4.57 Å². The van der Waals surface area contributed by atoms with E-state index in [1.165, 1.54) is 16.7 Å². The van der Waals surface area contributed by atoms with Crippen molar-refractivity contribution in [3.8, 4) is 0 Å². The van der Waals surface area contributed by atoms with Gasteiger partial charge in [0.05, 0.1) is 6.54 Å². The molecule has 0 fully saturated rings. The number of hydrogen-bond donors (Lipinski definition) is 1. The second-order valence-corrected chi connectivity index (χ2v) is 6.00. The van der Waals surface area contributed by atoms with Gasteiger partial charge in [-0.25, -0.2) is 8.78 Å².